The summed E-state index contributed by atoms with van der Waals surface area (Å²) in [7, 11) is 0. The first-order valence-electron chi connectivity index (χ1n) is 9.32. The molecule has 5 nitrogen and oxygen atoms in total. The lowest BCUT2D eigenvalue weighted by Crippen LogP contribution is -2.39. The maximum absolute atomic E-state index is 6.30. The summed E-state index contributed by atoms with van der Waals surface area (Å²) in [6, 6.07) is 6.30. The van der Waals surface area contributed by atoms with Crippen molar-refractivity contribution in [2.24, 2.45) is 0 Å². The van der Waals surface area contributed by atoms with E-state index in [2.05, 4.69) is 61.0 Å². The Morgan fingerprint density at radius 2 is 1.64 bits per heavy atom. The molecular formula is C20H28N4O. The summed E-state index contributed by atoms with van der Waals surface area (Å²) in [5, 5.41) is 8.71. The van der Waals surface area contributed by atoms with Crippen LogP contribution in [-0.4, -0.2) is 34.4 Å². The molecule has 0 aliphatic carbocycles. The van der Waals surface area contributed by atoms with Crippen LogP contribution in [0.4, 0.5) is 5.95 Å². The molecule has 2 aromatic rings. The molecule has 0 unspecified atom stereocenters. The number of piperidine rings is 1. The molecule has 25 heavy (non-hydrogen) atoms. The standard InChI is InChI=1S/C20H28N4O/c1-5-17-18(6-2)22-23-20(21-17)24-12-10-16(11-13-24)25-19-14(3)8-7-9-15(19)4/h7-9,16H,5-6,10-13H2,1-4H3. The van der Waals surface area contributed by atoms with Crippen LogP contribution in [0.15, 0.2) is 18.2 Å². The number of benzene rings is 1. The Kier molecular flexibility index (Phi) is 5.51. The van der Waals surface area contributed by atoms with Crippen molar-refractivity contribution in [3.63, 3.8) is 0 Å². The first kappa shape index (κ1) is 17.6. The van der Waals surface area contributed by atoms with Crippen LogP contribution in [-0.2, 0) is 12.8 Å². The second-order valence-corrected chi connectivity index (χ2v) is 6.74. The zero-order valence-electron chi connectivity index (χ0n) is 15.7. The average molecular weight is 340 g/mol. The van der Waals surface area contributed by atoms with Crippen molar-refractivity contribution in [2.45, 2.75) is 59.5 Å². The van der Waals surface area contributed by atoms with Crippen LogP contribution < -0.4 is 9.64 Å². The van der Waals surface area contributed by atoms with E-state index in [4.69, 9.17) is 9.72 Å². The fourth-order valence-corrected chi connectivity index (χ4v) is 3.39. The lowest BCUT2D eigenvalue weighted by Gasteiger charge is -2.32. The maximum Gasteiger partial charge on any atom is 0.245 e. The van der Waals surface area contributed by atoms with Crippen LogP contribution in [0.3, 0.4) is 0 Å². The highest BCUT2D eigenvalue weighted by molar-refractivity contribution is 5.40. The Labute approximate surface area is 150 Å². The molecule has 2 heterocycles. The van der Waals surface area contributed by atoms with Crippen molar-refractivity contribution >= 4 is 5.95 Å². The number of nitrogens with zero attached hydrogens (tertiary/aromatic N) is 4. The molecule has 0 radical (unpaired) electrons. The number of hydrogen-bond donors (Lipinski definition) is 0. The third kappa shape index (κ3) is 3.91. The van der Waals surface area contributed by atoms with Crippen molar-refractivity contribution < 1.29 is 4.74 Å². The fraction of sp³-hybridized carbons (Fsp3) is 0.550. The Bertz CT molecular complexity index is 703. The van der Waals surface area contributed by atoms with Gasteiger partial charge in [-0.1, -0.05) is 32.0 Å². The van der Waals surface area contributed by atoms with Crippen LogP contribution in [0.1, 0.15) is 49.2 Å². The molecule has 1 saturated heterocycles. The molecule has 1 fully saturated rings. The number of hydrogen-bond acceptors (Lipinski definition) is 5. The van der Waals surface area contributed by atoms with Crippen molar-refractivity contribution in [1.29, 1.82) is 0 Å². The van der Waals surface area contributed by atoms with E-state index in [9.17, 15) is 0 Å². The highest BCUT2D eigenvalue weighted by Gasteiger charge is 2.24. The summed E-state index contributed by atoms with van der Waals surface area (Å²) in [5.41, 5.74) is 4.50. The molecular weight excluding hydrogens is 312 g/mol. The minimum absolute atomic E-state index is 0.254. The average Bonchev–Trinajstić information content (AvgIpc) is 2.65. The number of para-hydroxylation sites is 1. The summed E-state index contributed by atoms with van der Waals surface area (Å²) in [5.74, 6) is 1.80. The number of ether oxygens (including phenoxy) is 1. The molecule has 134 valence electrons. The van der Waals surface area contributed by atoms with Crippen molar-refractivity contribution in [2.75, 3.05) is 18.0 Å². The zero-order valence-corrected chi connectivity index (χ0v) is 15.7. The summed E-state index contributed by atoms with van der Waals surface area (Å²) >= 11 is 0. The first-order chi connectivity index (χ1) is 12.1. The van der Waals surface area contributed by atoms with Crippen LogP contribution in [0.25, 0.3) is 0 Å². The molecule has 0 amide bonds. The second-order valence-electron chi connectivity index (χ2n) is 6.74. The summed E-state index contributed by atoms with van der Waals surface area (Å²) in [6.45, 7) is 10.3. The first-order valence-corrected chi connectivity index (χ1v) is 9.32. The van der Waals surface area contributed by atoms with Crippen molar-refractivity contribution in [3.8, 4) is 5.75 Å². The molecule has 5 heteroatoms. The monoisotopic (exact) mass is 340 g/mol. The predicted molar refractivity (Wildman–Crippen MR) is 100 cm³/mol. The smallest absolute Gasteiger partial charge is 0.245 e. The fourth-order valence-electron chi connectivity index (χ4n) is 3.39. The van der Waals surface area contributed by atoms with Gasteiger partial charge < -0.3 is 9.64 Å². The van der Waals surface area contributed by atoms with E-state index < -0.39 is 0 Å². The van der Waals surface area contributed by atoms with Crippen LogP contribution in [0, 0.1) is 13.8 Å². The van der Waals surface area contributed by atoms with Gasteiger partial charge in [-0.05, 0) is 37.8 Å². The van der Waals surface area contributed by atoms with Gasteiger partial charge in [0.2, 0.25) is 5.95 Å². The molecule has 1 aromatic heterocycles. The van der Waals surface area contributed by atoms with E-state index in [1.54, 1.807) is 0 Å². The summed E-state index contributed by atoms with van der Waals surface area (Å²) < 4.78 is 6.30. The van der Waals surface area contributed by atoms with E-state index in [1.165, 1.54) is 11.1 Å². The number of anilines is 1. The molecule has 0 atom stereocenters. The van der Waals surface area contributed by atoms with Gasteiger partial charge in [-0.15, -0.1) is 5.10 Å². The van der Waals surface area contributed by atoms with Crippen LogP contribution in [0.2, 0.25) is 0 Å². The lowest BCUT2D eigenvalue weighted by molar-refractivity contribution is 0.168. The van der Waals surface area contributed by atoms with Gasteiger partial charge >= 0.3 is 0 Å². The molecule has 3 rings (SSSR count). The minimum atomic E-state index is 0.254. The predicted octanol–water partition coefficient (Wildman–Crippen LogP) is 3.66. The highest BCUT2D eigenvalue weighted by Crippen LogP contribution is 2.27. The second kappa shape index (κ2) is 7.81. The Morgan fingerprint density at radius 3 is 2.24 bits per heavy atom. The lowest BCUT2D eigenvalue weighted by atomic mass is 10.1. The molecule has 1 aliphatic rings. The summed E-state index contributed by atoms with van der Waals surface area (Å²) in [6.07, 6.45) is 4.00. The zero-order chi connectivity index (χ0) is 17.8. The van der Waals surface area contributed by atoms with Gasteiger partial charge in [0, 0.05) is 25.9 Å². The maximum atomic E-state index is 6.30. The molecule has 0 saturated carbocycles. The van der Waals surface area contributed by atoms with Gasteiger partial charge in [0.05, 0.1) is 11.4 Å². The Hall–Kier alpha value is -2.17. The minimum Gasteiger partial charge on any atom is -0.490 e. The number of aryl methyl sites for hydroxylation is 4. The van der Waals surface area contributed by atoms with E-state index in [0.29, 0.717) is 0 Å². The Morgan fingerprint density at radius 1 is 1.00 bits per heavy atom. The third-order valence-electron chi connectivity index (χ3n) is 4.92. The van der Waals surface area contributed by atoms with E-state index >= 15 is 0 Å². The Balaban J connectivity index is 1.64. The van der Waals surface area contributed by atoms with Gasteiger partial charge in [-0.3, -0.25) is 0 Å². The largest absolute Gasteiger partial charge is 0.490 e. The number of aromatic nitrogens is 3. The van der Waals surface area contributed by atoms with E-state index in [-0.39, 0.29) is 6.10 Å². The van der Waals surface area contributed by atoms with Gasteiger partial charge in [-0.2, -0.15) is 5.10 Å². The summed E-state index contributed by atoms with van der Waals surface area (Å²) in [4.78, 5) is 6.97. The highest BCUT2D eigenvalue weighted by atomic mass is 16.5. The van der Waals surface area contributed by atoms with Gasteiger partial charge in [0.1, 0.15) is 11.9 Å². The van der Waals surface area contributed by atoms with Crippen molar-refractivity contribution in [1.82, 2.24) is 15.2 Å². The van der Waals surface area contributed by atoms with Gasteiger partial charge in [0.15, 0.2) is 0 Å². The number of rotatable bonds is 5. The topological polar surface area (TPSA) is 51.1 Å². The quantitative estimate of drug-likeness (QED) is 0.831. The molecule has 0 spiro atoms. The van der Waals surface area contributed by atoms with Gasteiger partial charge in [0.25, 0.3) is 0 Å². The molecule has 0 N–H and O–H groups in total. The third-order valence-corrected chi connectivity index (χ3v) is 4.92. The van der Waals surface area contributed by atoms with Crippen molar-refractivity contribution in [3.05, 3.63) is 40.7 Å². The molecule has 1 aromatic carbocycles. The van der Waals surface area contributed by atoms with Crippen LogP contribution >= 0.6 is 0 Å². The normalized spacial score (nSPS) is 15.4. The van der Waals surface area contributed by atoms with Crippen LogP contribution in [0.5, 0.6) is 5.75 Å². The SMILES string of the molecule is CCc1nnc(N2CCC(Oc3c(C)cccc3C)CC2)nc1CC. The molecule has 1 aliphatic heterocycles. The van der Waals surface area contributed by atoms with Gasteiger partial charge in [-0.25, -0.2) is 4.98 Å². The van der Waals surface area contributed by atoms with E-state index in [0.717, 1.165) is 61.9 Å². The molecule has 0 bridgehead atoms. The van der Waals surface area contributed by atoms with E-state index in [1.807, 2.05) is 0 Å².